The predicted molar refractivity (Wildman–Crippen MR) is 75.6 cm³/mol. The van der Waals surface area contributed by atoms with Crippen molar-refractivity contribution >= 4 is 33.4 Å². The Morgan fingerprint density at radius 2 is 2.06 bits per heavy atom. The Labute approximate surface area is 117 Å². The number of hydrogen-bond acceptors (Lipinski definition) is 4. The number of aliphatic hydroxyl groups is 1. The lowest BCUT2D eigenvalue weighted by Crippen LogP contribution is -2.42. The molecule has 7 heteroatoms. The Kier molecular flexibility index (Phi) is 5.48. The minimum atomic E-state index is -3.69. The third-order valence-electron chi connectivity index (χ3n) is 2.22. The molecule has 0 fully saturated rings. The van der Waals surface area contributed by atoms with Gasteiger partial charge in [-0.25, -0.2) is 13.1 Å². The molecule has 2 N–H and O–H groups in total. The molecule has 1 atom stereocenters. The van der Waals surface area contributed by atoms with Crippen LogP contribution in [0.25, 0.3) is 0 Å². The van der Waals surface area contributed by atoms with Crippen LogP contribution in [0.3, 0.4) is 0 Å². The van der Waals surface area contributed by atoms with Crippen molar-refractivity contribution in [3.05, 3.63) is 29.3 Å². The van der Waals surface area contributed by atoms with Crippen LogP contribution in [0.1, 0.15) is 6.92 Å². The number of thioether (sulfide) groups is 1. The molecule has 0 unspecified atom stereocenters. The maximum atomic E-state index is 12.0. The monoisotopic (exact) mass is 309 g/mol. The molecule has 102 valence electrons. The maximum absolute atomic E-state index is 12.0. The van der Waals surface area contributed by atoms with Crippen LogP contribution in [-0.4, -0.2) is 37.7 Å². The molecule has 0 aliphatic carbocycles. The Bertz CT molecular complexity index is 503. The quantitative estimate of drug-likeness (QED) is 0.840. The highest BCUT2D eigenvalue weighted by atomic mass is 35.5. The molecule has 18 heavy (non-hydrogen) atoms. The van der Waals surface area contributed by atoms with Crippen molar-refractivity contribution < 1.29 is 13.5 Å². The molecule has 0 aliphatic heterocycles. The minimum absolute atomic E-state index is 0.0200. The average Bonchev–Trinajstić information content (AvgIpc) is 2.27. The number of rotatable bonds is 6. The molecule has 1 aromatic rings. The summed E-state index contributed by atoms with van der Waals surface area (Å²) in [6, 6.07) is 6.19. The van der Waals surface area contributed by atoms with Crippen LogP contribution in [-0.2, 0) is 10.0 Å². The standard InChI is InChI=1S/C11H16ClNO3S2/c1-11(14,8-17-2)7-13-18(15,16)10-6-4-3-5-9(10)12/h3-6,13-14H,7-8H2,1-2H3/t11-/m1/s1. The largest absolute Gasteiger partial charge is 0.388 e. The summed E-state index contributed by atoms with van der Waals surface area (Å²) in [5.74, 6) is 0.443. The van der Waals surface area contributed by atoms with E-state index in [9.17, 15) is 13.5 Å². The molecular formula is C11H16ClNO3S2. The fourth-order valence-electron chi connectivity index (χ4n) is 1.35. The summed E-state index contributed by atoms with van der Waals surface area (Å²) in [5.41, 5.74) is -1.09. The average molecular weight is 310 g/mol. The van der Waals surface area contributed by atoms with E-state index in [2.05, 4.69) is 4.72 Å². The summed E-state index contributed by atoms with van der Waals surface area (Å²) < 4.78 is 26.3. The van der Waals surface area contributed by atoms with Gasteiger partial charge in [-0.1, -0.05) is 23.7 Å². The fraction of sp³-hybridized carbons (Fsp3) is 0.455. The van der Waals surface area contributed by atoms with Crippen LogP contribution in [0.15, 0.2) is 29.2 Å². The molecule has 0 bridgehead atoms. The first-order chi connectivity index (χ1) is 8.28. The second-order valence-corrected chi connectivity index (χ2v) is 7.19. The van der Waals surface area contributed by atoms with Crippen molar-refractivity contribution in [3.8, 4) is 0 Å². The van der Waals surface area contributed by atoms with Gasteiger partial charge in [0.1, 0.15) is 4.90 Å². The molecular weight excluding hydrogens is 294 g/mol. The van der Waals surface area contributed by atoms with Crippen molar-refractivity contribution in [2.45, 2.75) is 17.4 Å². The summed E-state index contributed by atoms with van der Waals surface area (Å²) in [7, 11) is -3.69. The van der Waals surface area contributed by atoms with Gasteiger partial charge in [0.15, 0.2) is 0 Å². The SMILES string of the molecule is CSC[C@](C)(O)CNS(=O)(=O)c1ccccc1Cl. The first-order valence-electron chi connectivity index (χ1n) is 5.24. The fourth-order valence-corrected chi connectivity index (χ4v) is 3.76. The Morgan fingerprint density at radius 1 is 1.44 bits per heavy atom. The third kappa shape index (κ3) is 4.44. The Morgan fingerprint density at radius 3 is 2.61 bits per heavy atom. The number of halogens is 1. The van der Waals surface area contributed by atoms with Crippen molar-refractivity contribution in [2.75, 3.05) is 18.6 Å². The molecule has 1 rings (SSSR count). The number of hydrogen-bond donors (Lipinski definition) is 2. The van der Waals surface area contributed by atoms with E-state index in [-0.39, 0.29) is 16.5 Å². The highest BCUT2D eigenvalue weighted by Gasteiger charge is 2.24. The van der Waals surface area contributed by atoms with Gasteiger partial charge in [-0.05, 0) is 25.3 Å². The zero-order chi connectivity index (χ0) is 13.8. The zero-order valence-electron chi connectivity index (χ0n) is 10.2. The van der Waals surface area contributed by atoms with E-state index in [1.54, 1.807) is 19.1 Å². The van der Waals surface area contributed by atoms with Gasteiger partial charge in [-0.2, -0.15) is 11.8 Å². The maximum Gasteiger partial charge on any atom is 0.242 e. The smallest absolute Gasteiger partial charge is 0.242 e. The second-order valence-electron chi connectivity index (χ2n) is 4.18. The predicted octanol–water partition coefficient (Wildman–Crippen LogP) is 1.73. The van der Waals surface area contributed by atoms with Gasteiger partial charge in [-0.15, -0.1) is 0 Å². The van der Waals surface area contributed by atoms with Crippen molar-refractivity contribution in [3.63, 3.8) is 0 Å². The summed E-state index contributed by atoms with van der Waals surface area (Å²) >= 11 is 7.28. The molecule has 0 aromatic heterocycles. The van der Waals surface area contributed by atoms with E-state index >= 15 is 0 Å². The van der Waals surface area contributed by atoms with Crippen LogP contribution >= 0.6 is 23.4 Å². The minimum Gasteiger partial charge on any atom is -0.388 e. The molecule has 0 radical (unpaired) electrons. The Hall–Kier alpha value is -0.270. The van der Waals surface area contributed by atoms with E-state index in [4.69, 9.17) is 11.6 Å². The van der Waals surface area contributed by atoms with Crippen LogP contribution < -0.4 is 4.72 Å². The number of sulfonamides is 1. The molecule has 0 aliphatic rings. The van der Waals surface area contributed by atoms with Gasteiger partial charge in [-0.3, -0.25) is 0 Å². The lowest BCUT2D eigenvalue weighted by atomic mass is 10.1. The van der Waals surface area contributed by atoms with Crippen LogP contribution in [0, 0.1) is 0 Å². The van der Waals surface area contributed by atoms with Gasteiger partial charge in [0.2, 0.25) is 10.0 Å². The summed E-state index contributed by atoms with van der Waals surface area (Å²) in [6.45, 7) is 1.53. The van der Waals surface area contributed by atoms with Crippen molar-refractivity contribution in [1.82, 2.24) is 4.72 Å². The zero-order valence-corrected chi connectivity index (χ0v) is 12.6. The van der Waals surface area contributed by atoms with Crippen molar-refractivity contribution in [2.24, 2.45) is 0 Å². The number of nitrogens with one attached hydrogen (secondary N) is 1. The molecule has 4 nitrogen and oxygen atoms in total. The summed E-state index contributed by atoms with van der Waals surface area (Å²) in [6.07, 6.45) is 1.84. The molecule has 1 aromatic carbocycles. The lowest BCUT2D eigenvalue weighted by molar-refractivity contribution is 0.0908. The van der Waals surface area contributed by atoms with Gasteiger partial charge >= 0.3 is 0 Å². The van der Waals surface area contributed by atoms with Crippen LogP contribution in [0.4, 0.5) is 0 Å². The van der Waals surface area contributed by atoms with E-state index in [0.717, 1.165) is 0 Å². The molecule has 0 heterocycles. The normalized spacial score (nSPS) is 15.3. The van der Waals surface area contributed by atoms with Crippen LogP contribution in [0.2, 0.25) is 5.02 Å². The molecule has 0 saturated heterocycles. The first kappa shape index (κ1) is 15.8. The van der Waals surface area contributed by atoms with E-state index < -0.39 is 15.6 Å². The summed E-state index contributed by atoms with van der Waals surface area (Å²) in [4.78, 5) is 0.0200. The van der Waals surface area contributed by atoms with E-state index in [1.165, 1.54) is 23.9 Å². The van der Waals surface area contributed by atoms with Gasteiger partial charge in [0, 0.05) is 12.3 Å². The van der Waals surface area contributed by atoms with Gasteiger partial charge in [0.25, 0.3) is 0 Å². The second kappa shape index (κ2) is 6.25. The molecule has 0 amide bonds. The number of benzene rings is 1. The van der Waals surface area contributed by atoms with Gasteiger partial charge < -0.3 is 5.11 Å². The van der Waals surface area contributed by atoms with Crippen molar-refractivity contribution in [1.29, 1.82) is 0 Å². The van der Waals surface area contributed by atoms with E-state index in [0.29, 0.717) is 5.75 Å². The first-order valence-corrected chi connectivity index (χ1v) is 8.49. The van der Waals surface area contributed by atoms with Gasteiger partial charge in [0.05, 0.1) is 10.6 Å². The molecule has 0 saturated carbocycles. The van der Waals surface area contributed by atoms with E-state index in [1.807, 2.05) is 6.26 Å². The molecule has 0 spiro atoms. The highest BCUT2D eigenvalue weighted by Crippen LogP contribution is 2.20. The van der Waals surface area contributed by atoms with Crippen LogP contribution in [0.5, 0.6) is 0 Å². The lowest BCUT2D eigenvalue weighted by Gasteiger charge is -2.22. The topological polar surface area (TPSA) is 66.4 Å². The Balaban J connectivity index is 2.81. The third-order valence-corrected chi connectivity index (χ3v) is 5.04. The highest BCUT2D eigenvalue weighted by molar-refractivity contribution is 7.98. The summed E-state index contributed by atoms with van der Waals surface area (Å²) in [5, 5.41) is 10.1.